The molecule has 0 spiro atoms. The molecule has 16 heavy (non-hydrogen) atoms. The van der Waals surface area contributed by atoms with Crippen LogP contribution in [-0.2, 0) is 6.54 Å². The van der Waals surface area contributed by atoms with E-state index in [-0.39, 0.29) is 5.56 Å². The van der Waals surface area contributed by atoms with E-state index in [2.05, 4.69) is 39.7 Å². The largest absolute Gasteiger partial charge is 0.316 e. The molecule has 2 heterocycles. The Morgan fingerprint density at radius 1 is 1.44 bits per heavy atom. The summed E-state index contributed by atoms with van der Waals surface area (Å²) < 4.78 is 2.70. The maximum atomic E-state index is 11.6. The number of fused-ring (bicyclic) bond motifs is 1. The molecule has 0 N–H and O–H groups in total. The second kappa shape index (κ2) is 4.33. The van der Waals surface area contributed by atoms with Gasteiger partial charge in [0.25, 0.3) is 5.56 Å². The highest BCUT2D eigenvalue weighted by molar-refractivity contribution is 9.10. The van der Waals surface area contributed by atoms with E-state index in [0.717, 1.165) is 11.0 Å². The fourth-order valence-corrected chi connectivity index (χ4v) is 1.92. The summed E-state index contributed by atoms with van der Waals surface area (Å²) in [5, 5.41) is 0.553. The van der Waals surface area contributed by atoms with Crippen LogP contribution in [0.4, 0.5) is 0 Å². The van der Waals surface area contributed by atoms with Crippen molar-refractivity contribution in [3.8, 4) is 0 Å². The molecule has 5 heteroatoms. The van der Waals surface area contributed by atoms with E-state index >= 15 is 0 Å². The molecule has 0 radical (unpaired) electrons. The van der Waals surface area contributed by atoms with Crippen molar-refractivity contribution >= 4 is 27.0 Å². The average molecular weight is 282 g/mol. The summed E-state index contributed by atoms with van der Waals surface area (Å²) in [5.74, 6) is 0.484. The van der Waals surface area contributed by atoms with Gasteiger partial charge in [-0.2, -0.15) is 4.98 Å². The van der Waals surface area contributed by atoms with E-state index in [1.807, 2.05) is 4.57 Å². The molecule has 0 aromatic carbocycles. The van der Waals surface area contributed by atoms with Crippen molar-refractivity contribution in [2.24, 2.45) is 5.92 Å². The van der Waals surface area contributed by atoms with E-state index < -0.39 is 0 Å². The van der Waals surface area contributed by atoms with Crippen molar-refractivity contribution in [3.63, 3.8) is 0 Å². The van der Waals surface area contributed by atoms with Crippen LogP contribution in [-0.4, -0.2) is 14.5 Å². The maximum Gasteiger partial charge on any atom is 0.282 e. The number of rotatable bonds is 2. The lowest BCUT2D eigenvalue weighted by molar-refractivity contribution is 0.525. The van der Waals surface area contributed by atoms with Crippen molar-refractivity contribution in [2.45, 2.75) is 20.4 Å². The molecule has 0 saturated heterocycles. The first kappa shape index (κ1) is 11.3. The normalized spacial score (nSPS) is 11.2. The molecule has 0 aliphatic carbocycles. The number of pyridine rings is 1. The fraction of sp³-hybridized carbons (Fsp3) is 0.364. The standard InChI is InChI=1S/C11H12BrN3O/c1-7(2)5-15-6-14-11(16)9-3-8(12)4-13-10(9)15/h3-4,6-7H,5H2,1-2H3. The highest BCUT2D eigenvalue weighted by atomic mass is 79.9. The Bertz CT molecular complexity index is 577. The van der Waals surface area contributed by atoms with Crippen molar-refractivity contribution in [1.29, 1.82) is 0 Å². The van der Waals surface area contributed by atoms with Gasteiger partial charge in [0.1, 0.15) is 12.0 Å². The van der Waals surface area contributed by atoms with Gasteiger partial charge in [-0.3, -0.25) is 4.79 Å². The zero-order valence-corrected chi connectivity index (χ0v) is 10.7. The number of nitrogens with zero attached hydrogens (tertiary/aromatic N) is 3. The third-order valence-corrected chi connectivity index (χ3v) is 2.65. The first-order valence-corrected chi connectivity index (χ1v) is 5.88. The predicted molar refractivity (Wildman–Crippen MR) is 66.3 cm³/mol. The molecular formula is C11H12BrN3O. The van der Waals surface area contributed by atoms with Crippen LogP contribution in [0.2, 0.25) is 0 Å². The van der Waals surface area contributed by atoms with Crippen LogP contribution >= 0.6 is 15.9 Å². The van der Waals surface area contributed by atoms with Gasteiger partial charge >= 0.3 is 0 Å². The Kier molecular flexibility index (Phi) is 3.05. The molecule has 0 amide bonds. The molecule has 0 aliphatic rings. The predicted octanol–water partition coefficient (Wildman–Crippen LogP) is 2.21. The summed E-state index contributed by atoms with van der Waals surface area (Å²) in [6.45, 7) is 5.03. The first-order chi connectivity index (χ1) is 7.58. The zero-order valence-electron chi connectivity index (χ0n) is 9.14. The molecule has 0 fully saturated rings. The number of hydrogen-bond acceptors (Lipinski definition) is 3. The highest BCUT2D eigenvalue weighted by Crippen LogP contribution is 2.14. The number of halogens is 1. The van der Waals surface area contributed by atoms with Gasteiger partial charge in [-0.1, -0.05) is 13.8 Å². The van der Waals surface area contributed by atoms with Crippen LogP contribution in [0.25, 0.3) is 11.0 Å². The molecule has 2 aromatic heterocycles. The molecule has 84 valence electrons. The lowest BCUT2D eigenvalue weighted by Crippen LogP contribution is -2.15. The molecule has 0 unspecified atom stereocenters. The number of aromatic nitrogens is 3. The maximum absolute atomic E-state index is 11.6. The van der Waals surface area contributed by atoms with Crippen molar-refractivity contribution in [3.05, 3.63) is 33.4 Å². The summed E-state index contributed by atoms with van der Waals surface area (Å²) in [6.07, 6.45) is 3.25. The minimum Gasteiger partial charge on any atom is -0.316 e. The highest BCUT2D eigenvalue weighted by Gasteiger charge is 2.06. The summed E-state index contributed by atoms with van der Waals surface area (Å²) in [7, 11) is 0. The van der Waals surface area contributed by atoms with Gasteiger partial charge in [0.05, 0.1) is 5.39 Å². The summed E-state index contributed by atoms with van der Waals surface area (Å²) >= 11 is 3.30. The van der Waals surface area contributed by atoms with Crippen LogP contribution in [0.5, 0.6) is 0 Å². The molecule has 0 saturated carbocycles. The third-order valence-electron chi connectivity index (χ3n) is 2.21. The summed E-state index contributed by atoms with van der Waals surface area (Å²) in [5.41, 5.74) is 0.459. The van der Waals surface area contributed by atoms with Crippen molar-refractivity contribution in [2.75, 3.05) is 0 Å². The lowest BCUT2D eigenvalue weighted by Gasteiger charge is -2.11. The molecular weight excluding hydrogens is 270 g/mol. The van der Waals surface area contributed by atoms with Gasteiger partial charge in [-0.25, -0.2) is 4.98 Å². The van der Waals surface area contributed by atoms with Crippen molar-refractivity contribution in [1.82, 2.24) is 14.5 Å². The van der Waals surface area contributed by atoms with E-state index in [4.69, 9.17) is 0 Å². The smallest absolute Gasteiger partial charge is 0.282 e. The SMILES string of the molecule is CC(C)Cn1cnc(=O)c2cc(Br)cnc21. The van der Waals surface area contributed by atoms with Crippen LogP contribution < -0.4 is 5.56 Å². The Morgan fingerprint density at radius 3 is 2.88 bits per heavy atom. The van der Waals surface area contributed by atoms with Gasteiger partial charge in [0, 0.05) is 17.2 Å². The molecule has 2 aromatic rings. The third kappa shape index (κ3) is 2.14. The Balaban J connectivity index is 2.69. The molecule has 0 bridgehead atoms. The number of hydrogen-bond donors (Lipinski definition) is 0. The molecule has 4 nitrogen and oxygen atoms in total. The van der Waals surface area contributed by atoms with Gasteiger partial charge in [0.2, 0.25) is 0 Å². The van der Waals surface area contributed by atoms with Gasteiger partial charge in [-0.05, 0) is 27.9 Å². The lowest BCUT2D eigenvalue weighted by atomic mass is 10.2. The van der Waals surface area contributed by atoms with Gasteiger partial charge < -0.3 is 4.57 Å². The van der Waals surface area contributed by atoms with Crippen LogP contribution in [0, 0.1) is 5.92 Å². The van der Waals surface area contributed by atoms with Gasteiger partial charge in [-0.15, -0.1) is 0 Å². The minimum atomic E-state index is -0.233. The van der Waals surface area contributed by atoms with E-state index in [1.54, 1.807) is 18.6 Å². The van der Waals surface area contributed by atoms with Crippen LogP contribution in [0.15, 0.2) is 27.9 Å². The van der Waals surface area contributed by atoms with Crippen LogP contribution in [0.3, 0.4) is 0 Å². The van der Waals surface area contributed by atoms with Crippen molar-refractivity contribution < 1.29 is 0 Å². The summed E-state index contributed by atoms with van der Waals surface area (Å²) in [6, 6.07) is 1.76. The minimum absolute atomic E-state index is 0.233. The quantitative estimate of drug-likeness (QED) is 0.848. The second-order valence-electron chi connectivity index (χ2n) is 4.12. The van der Waals surface area contributed by atoms with Gasteiger partial charge in [0.15, 0.2) is 0 Å². The summed E-state index contributed by atoms with van der Waals surface area (Å²) in [4.78, 5) is 19.7. The first-order valence-electron chi connectivity index (χ1n) is 5.08. The van der Waals surface area contributed by atoms with E-state index in [9.17, 15) is 4.79 Å². The van der Waals surface area contributed by atoms with E-state index in [0.29, 0.717) is 17.0 Å². The molecule has 0 aliphatic heterocycles. The molecule has 2 rings (SSSR count). The Hall–Kier alpha value is -1.23. The Morgan fingerprint density at radius 2 is 2.19 bits per heavy atom. The molecule has 0 atom stereocenters. The Labute approximate surface area is 101 Å². The average Bonchev–Trinajstić information content (AvgIpc) is 2.22. The topological polar surface area (TPSA) is 47.8 Å². The van der Waals surface area contributed by atoms with Crippen LogP contribution in [0.1, 0.15) is 13.8 Å². The monoisotopic (exact) mass is 281 g/mol. The van der Waals surface area contributed by atoms with E-state index in [1.165, 1.54) is 0 Å². The zero-order chi connectivity index (χ0) is 11.7. The second-order valence-corrected chi connectivity index (χ2v) is 5.04. The fourth-order valence-electron chi connectivity index (χ4n) is 1.59.